The summed E-state index contributed by atoms with van der Waals surface area (Å²) in [6, 6.07) is 0. The fourth-order valence-corrected chi connectivity index (χ4v) is 1.52. The third-order valence-electron chi connectivity index (χ3n) is 2.06. The molecular weight excluding hydrogens is 148 g/mol. The third-order valence-corrected chi connectivity index (χ3v) is 2.06. The maximum atomic E-state index is 4.45. The molecular formula is C10H12N2. The highest BCUT2D eigenvalue weighted by molar-refractivity contribution is 5.09. The first-order chi connectivity index (χ1) is 5.86. The second-order valence-corrected chi connectivity index (χ2v) is 3.10. The van der Waals surface area contributed by atoms with Crippen LogP contribution in [-0.2, 0) is 13.0 Å². The molecule has 0 bridgehead atoms. The lowest BCUT2D eigenvalue weighted by Crippen LogP contribution is -2.04. The van der Waals surface area contributed by atoms with Crippen molar-refractivity contribution in [2.45, 2.75) is 32.7 Å². The van der Waals surface area contributed by atoms with E-state index >= 15 is 0 Å². The fraction of sp³-hybridized carbons (Fsp3) is 0.500. The minimum atomic E-state index is 0.955. The van der Waals surface area contributed by atoms with Crippen molar-refractivity contribution in [2.75, 3.05) is 0 Å². The number of nitrogens with zero attached hydrogens (tertiary/aromatic N) is 2. The van der Waals surface area contributed by atoms with Crippen LogP contribution in [0.15, 0.2) is 6.20 Å². The zero-order chi connectivity index (χ0) is 8.39. The number of aromatic nitrogens is 2. The van der Waals surface area contributed by atoms with E-state index in [1.54, 1.807) is 0 Å². The first-order valence-corrected chi connectivity index (χ1v) is 4.34. The summed E-state index contributed by atoms with van der Waals surface area (Å²) in [4.78, 5) is 4.45. The maximum Gasteiger partial charge on any atom is 0.109 e. The van der Waals surface area contributed by atoms with Crippen molar-refractivity contribution in [3.63, 3.8) is 0 Å². The molecule has 0 aromatic carbocycles. The van der Waals surface area contributed by atoms with Gasteiger partial charge in [0.2, 0.25) is 0 Å². The number of fused-ring (bicyclic) bond motifs is 1. The smallest absolute Gasteiger partial charge is 0.109 e. The predicted octanol–water partition coefficient (Wildman–Crippen LogP) is 1.53. The summed E-state index contributed by atoms with van der Waals surface area (Å²) in [5.41, 5.74) is 1.12. The molecule has 0 saturated carbocycles. The second kappa shape index (κ2) is 3.02. The number of aryl methyl sites for hydroxylation is 3. The van der Waals surface area contributed by atoms with E-state index in [1.165, 1.54) is 5.82 Å². The molecule has 12 heavy (non-hydrogen) atoms. The number of hydrogen-bond donors (Lipinski definition) is 0. The van der Waals surface area contributed by atoms with Crippen molar-refractivity contribution >= 4 is 0 Å². The lowest BCUT2D eigenvalue weighted by atomic mass is 10.2. The van der Waals surface area contributed by atoms with Crippen LogP contribution in [-0.4, -0.2) is 9.55 Å². The summed E-state index contributed by atoms with van der Waals surface area (Å²) in [5, 5.41) is 0. The molecule has 2 heteroatoms. The zero-order valence-corrected chi connectivity index (χ0v) is 7.30. The van der Waals surface area contributed by atoms with E-state index in [0.717, 1.165) is 31.5 Å². The first kappa shape index (κ1) is 7.42. The van der Waals surface area contributed by atoms with Gasteiger partial charge < -0.3 is 4.57 Å². The highest BCUT2D eigenvalue weighted by Gasteiger charge is 2.04. The third kappa shape index (κ3) is 1.35. The van der Waals surface area contributed by atoms with Gasteiger partial charge in [0.05, 0.1) is 5.69 Å². The number of imidazole rings is 1. The Morgan fingerprint density at radius 2 is 2.25 bits per heavy atom. The molecule has 0 unspecified atom stereocenters. The summed E-state index contributed by atoms with van der Waals surface area (Å²) < 4.78 is 2.23. The molecule has 0 spiro atoms. The zero-order valence-electron chi connectivity index (χ0n) is 7.30. The van der Waals surface area contributed by atoms with Crippen LogP contribution in [0.4, 0.5) is 0 Å². The SMILES string of the molecule is Cc1cn2c(n1)CCC#CCC2. The van der Waals surface area contributed by atoms with Crippen LogP contribution in [0.2, 0.25) is 0 Å². The number of rotatable bonds is 0. The monoisotopic (exact) mass is 160 g/mol. The van der Waals surface area contributed by atoms with Gasteiger partial charge in [-0.1, -0.05) is 0 Å². The van der Waals surface area contributed by atoms with Gasteiger partial charge in [-0.3, -0.25) is 0 Å². The Kier molecular flexibility index (Phi) is 1.87. The standard InChI is InChI=1S/C10H12N2/c1-9-8-12-7-5-3-2-4-6-10(12)11-9/h8H,4-7H2,1H3. The van der Waals surface area contributed by atoms with Crippen molar-refractivity contribution in [2.24, 2.45) is 0 Å². The summed E-state index contributed by atoms with van der Waals surface area (Å²) in [6.45, 7) is 3.04. The molecule has 1 aliphatic rings. The highest BCUT2D eigenvalue weighted by atomic mass is 15.1. The van der Waals surface area contributed by atoms with Gasteiger partial charge in [0.1, 0.15) is 5.82 Å². The maximum absolute atomic E-state index is 4.45. The Bertz CT molecular complexity index is 309. The van der Waals surface area contributed by atoms with E-state index in [-0.39, 0.29) is 0 Å². The van der Waals surface area contributed by atoms with E-state index in [4.69, 9.17) is 0 Å². The molecule has 0 N–H and O–H groups in total. The van der Waals surface area contributed by atoms with Gasteiger partial charge in [-0.15, -0.1) is 11.8 Å². The first-order valence-electron chi connectivity index (χ1n) is 4.34. The van der Waals surface area contributed by atoms with Crippen molar-refractivity contribution in [3.05, 3.63) is 17.7 Å². The normalized spacial score (nSPS) is 15.4. The summed E-state index contributed by atoms with van der Waals surface area (Å²) in [5.74, 6) is 7.47. The molecule has 1 aromatic heterocycles. The van der Waals surface area contributed by atoms with Gasteiger partial charge >= 0.3 is 0 Å². The van der Waals surface area contributed by atoms with E-state index in [0.29, 0.717) is 0 Å². The average molecular weight is 160 g/mol. The highest BCUT2D eigenvalue weighted by Crippen LogP contribution is 2.07. The Hall–Kier alpha value is -1.23. The van der Waals surface area contributed by atoms with E-state index in [2.05, 4.69) is 27.6 Å². The molecule has 2 heterocycles. The van der Waals surface area contributed by atoms with Gasteiger partial charge in [-0.25, -0.2) is 4.98 Å². The van der Waals surface area contributed by atoms with Crippen molar-refractivity contribution in [1.29, 1.82) is 0 Å². The number of hydrogen-bond acceptors (Lipinski definition) is 1. The molecule has 0 radical (unpaired) electrons. The molecule has 2 nitrogen and oxygen atoms in total. The Labute approximate surface area is 72.6 Å². The molecule has 0 aliphatic carbocycles. The van der Waals surface area contributed by atoms with E-state index in [1.807, 2.05) is 6.92 Å². The average Bonchev–Trinajstić information content (AvgIpc) is 2.32. The van der Waals surface area contributed by atoms with Gasteiger partial charge in [0, 0.05) is 32.0 Å². The van der Waals surface area contributed by atoms with Crippen LogP contribution in [0.25, 0.3) is 0 Å². The van der Waals surface area contributed by atoms with Crippen LogP contribution in [0.3, 0.4) is 0 Å². The van der Waals surface area contributed by atoms with Crippen LogP contribution < -0.4 is 0 Å². The van der Waals surface area contributed by atoms with Crippen LogP contribution >= 0.6 is 0 Å². The minimum absolute atomic E-state index is 0.955. The topological polar surface area (TPSA) is 17.8 Å². The Morgan fingerprint density at radius 1 is 1.42 bits per heavy atom. The summed E-state index contributed by atoms with van der Waals surface area (Å²) >= 11 is 0. The summed E-state index contributed by atoms with van der Waals surface area (Å²) in [6.07, 6.45) is 5.03. The summed E-state index contributed by atoms with van der Waals surface area (Å²) in [7, 11) is 0. The molecule has 2 rings (SSSR count). The van der Waals surface area contributed by atoms with Crippen molar-refractivity contribution in [1.82, 2.24) is 9.55 Å². The lowest BCUT2D eigenvalue weighted by molar-refractivity contribution is 0.659. The van der Waals surface area contributed by atoms with Crippen molar-refractivity contribution < 1.29 is 0 Å². The minimum Gasteiger partial charge on any atom is -0.334 e. The van der Waals surface area contributed by atoms with Crippen LogP contribution in [0, 0.1) is 18.8 Å². The quantitative estimate of drug-likeness (QED) is 0.526. The van der Waals surface area contributed by atoms with E-state index < -0.39 is 0 Å². The van der Waals surface area contributed by atoms with Gasteiger partial charge in [0.25, 0.3) is 0 Å². The lowest BCUT2D eigenvalue weighted by Gasteiger charge is -2.05. The van der Waals surface area contributed by atoms with E-state index in [9.17, 15) is 0 Å². The molecule has 1 aliphatic heterocycles. The molecule has 0 amide bonds. The second-order valence-electron chi connectivity index (χ2n) is 3.10. The van der Waals surface area contributed by atoms with Gasteiger partial charge in [-0.05, 0) is 6.92 Å². The fourth-order valence-electron chi connectivity index (χ4n) is 1.52. The van der Waals surface area contributed by atoms with Gasteiger partial charge in [-0.2, -0.15) is 0 Å². The Morgan fingerprint density at radius 3 is 3.17 bits per heavy atom. The molecule has 0 fully saturated rings. The van der Waals surface area contributed by atoms with Gasteiger partial charge in [0.15, 0.2) is 0 Å². The molecule has 0 saturated heterocycles. The molecule has 62 valence electrons. The van der Waals surface area contributed by atoms with Crippen molar-refractivity contribution in [3.8, 4) is 11.8 Å². The predicted molar refractivity (Wildman–Crippen MR) is 47.7 cm³/mol. The molecule has 1 aromatic rings. The largest absolute Gasteiger partial charge is 0.334 e. The van der Waals surface area contributed by atoms with Crippen LogP contribution in [0.5, 0.6) is 0 Å². The van der Waals surface area contributed by atoms with Crippen LogP contribution in [0.1, 0.15) is 24.4 Å². The Balaban J connectivity index is 2.30. The molecule has 0 atom stereocenters.